The fourth-order valence-corrected chi connectivity index (χ4v) is 7.48. The van der Waals surface area contributed by atoms with Crippen LogP contribution in [0.3, 0.4) is 0 Å². The predicted molar refractivity (Wildman–Crippen MR) is 207 cm³/mol. The van der Waals surface area contributed by atoms with Gasteiger partial charge in [-0.2, -0.15) is 0 Å². The van der Waals surface area contributed by atoms with E-state index in [2.05, 4.69) is 53.7 Å². The van der Waals surface area contributed by atoms with E-state index in [1.54, 1.807) is 12.4 Å². The Bertz CT molecular complexity index is 2320. The molecule has 0 aromatic carbocycles. The summed E-state index contributed by atoms with van der Waals surface area (Å²) in [4.78, 5) is 61.8. The zero-order valence-electron chi connectivity index (χ0n) is 31.4. The number of nitrogens with one attached hydrogen (secondary N) is 3. The molecule has 1 amide bonds. The lowest BCUT2D eigenvalue weighted by atomic mass is 9.84. The number of amides is 1. The quantitative estimate of drug-likeness (QED) is 0.144. The number of H-pyrrole nitrogens is 2. The number of hydrogen-bond acceptors (Lipinski definition) is 8. The monoisotopic (exact) mass is 714 g/mol. The van der Waals surface area contributed by atoms with Gasteiger partial charge in [-0.25, -0.2) is 4.98 Å². The normalized spacial score (nSPS) is 15.3. The standard InChI is InChI=1S/C42H46N6O5/c1-9-27-22(3)31-18-33-24(5)29(11-12-37(49)52-7)40(47-33)30(17-38(50)53-8)41-39(42(51)44-21-26-13-15-43-16-14-26)25(6)34(48-41)20-36-28(10-2)23(4)32(46-36)19-35(27)45-31/h9,13-16,18-20,24,29,45-46H,1,10-12,17,21H2,2-8H3,(H,44,51)/t24-,29-/m0/s1. The number of allylic oxidation sites excluding steroid dienone is 1. The maximum atomic E-state index is 14.3. The smallest absolute Gasteiger partial charge is 0.310 e. The Kier molecular flexibility index (Phi) is 10.7. The van der Waals surface area contributed by atoms with Gasteiger partial charge in [0.15, 0.2) is 0 Å². The summed E-state index contributed by atoms with van der Waals surface area (Å²) < 4.78 is 10.2. The summed E-state index contributed by atoms with van der Waals surface area (Å²) in [5, 5.41) is 3.07. The van der Waals surface area contributed by atoms with Gasteiger partial charge in [0.25, 0.3) is 5.91 Å². The summed E-state index contributed by atoms with van der Waals surface area (Å²) in [5.74, 6) is -1.65. The zero-order valence-corrected chi connectivity index (χ0v) is 31.4. The molecule has 0 saturated carbocycles. The first-order valence-electron chi connectivity index (χ1n) is 17.9. The SMILES string of the molecule is C=Cc1c(C)c2cc3nc(c(CC(=O)OC)c4nc(cc5[nH]c(cc1[nH]2)c(C)c5CC)C(C)=C4C(=O)NCc1ccncc1)[C@@H](CCC(=O)OC)[C@@H]3C. The molecular formula is C42H46N6O5. The van der Waals surface area contributed by atoms with E-state index in [4.69, 9.17) is 19.4 Å². The van der Waals surface area contributed by atoms with Gasteiger partial charge >= 0.3 is 11.9 Å². The summed E-state index contributed by atoms with van der Waals surface area (Å²) in [6.45, 7) is 14.6. The van der Waals surface area contributed by atoms with Gasteiger partial charge in [-0.1, -0.05) is 26.5 Å². The number of carbonyl (C=O) groups excluding carboxylic acids is 3. The van der Waals surface area contributed by atoms with Crippen LogP contribution < -0.4 is 5.32 Å². The Balaban J connectivity index is 1.74. The fourth-order valence-electron chi connectivity index (χ4n) is 7.48. The van der Waals surface area contributed by atoms with Crippen molar-refractivity contribution in [2.45, 2.75) is 78.7 Å². The number of rotatable bonds is 10. The molecule has 4 aromatic heterocycles. The molecule has 0 radical (unpaired) electrons. The van der Waals surface area contributed by atoms with Crippen LogP contribution in [0.15, 0.2) is 49.3 Å². The van der Waals surface area contributed by atoms with Gasteiger partial charge in [-0.3, -0.25) is 24.4 Å². The van der Waals surface area contributed by atoms with Crippen LogP contribution in [-0.2, 0) is 43.2 Å². The molecule has 8 bridgehead atoms. The molecule has 0 aliphatic carbocycles. The van der Waals surface area contributed by atoms with Crippen molar-refractivity contribution in [3.05, 3.63) is 105 Å². The van der Waals surface area contributed by atoms with Crippen LogP contribution in [0.5, 0.6) is 0 Å². The van der Waals surface area contributed by atoms with Crippen LogP contribution in [0.25, 0.3) is 39.3 Å². The minimum atomic E-state index is -0.503. The highest BCUT2D eigenvalue weighted by Gasteiger charge is 2.35. The molecule has 0 unspecified atom stereocenters. The van der Waals surface area contributed by atoms with E-state index >= 15 is 0 Å². The van der Waals surface area contributed by atoms with Gasteiger partial charge < -0.3 is 24.8 Å². The predicted octanol–water partition coefficient (Wildman–Crippen LogP) is 7.34. The molecule has 2 aliphatic heterocycles. The molecule has 53 heavy (non-hydrogen) atoms. The summed E-state index contributed by atoms with van der Waals surface area (Å²) in [7, 11) is 2.70. The topological polar surface area (TPSA) is 152 Å². The van der Waals surface area contributed by atoms with Crippen molar-refractivity contribution in [2.24, 2.45) is 0 Å². The molecule has 3 N–H and O–H groups in total. The van der Waals surface area contributed by atoms with Crippen molar-refractivity contribution in [2.75, 3.05) is 14.2 Å². The third-order valence-corrected chi connectivity index (χ3v) is 10.6. The number of aryl methyl sites for hydroxylation is 3. The lowest BCUT2D eigenvalue weighted by molar-refractivity contribution is -0.141. The minimum Gasteiger partial charge on any atom is -0.469 e. The molecule has 11 nitrogen and oxygen atoms in total. The third-order valence-electron chi connectivity index (χ3n) is 10.6. The van der Waals surface area contributed by atoms with Gasteiger partial charge in [-0.05, 0) is 91.8 Å². The van der Waals surface area contributed by atoms with Gasteiger partial charge in [0.2, 0.25) is 0 Å². The molecule has 6 heterocycles. The summed E-state index contributed by atoms with van der Waals surface area (Å²) >= 11 is 0. The maximum absolute atomic E-state index is 14.3. The summed E-state index contributed by atoms with van der Waals surface area (Å²) in [5.41, 5.74) is 12.5. The molecule has 0 saturated heterocycles. The molecular weight excluding hydrogens is 668 g/mol. The lowest BCUT2D eigenvalue weighted by Crippen LogP contribution is -2.25. The first-order valence-corrected chi connectivity index (χ1v) is 17.9. The molecule has 0 fully saturated rings. The van der Waals surface area contributed by atoms with Gasteiger partial charge in [-0.15, -0.1) is 0 Å². The number of pyridine rings is 1. The number of aromatic amines is 2. The first-order chi connectivity index (χ1) is 25.5. The Morgan fingerprint density at radius 2 is 1.60 bits per heavy atom. The van der Waals surface area contributed by atoms with Crippen molar-refractivity contribution < 1.29 is 23.9 Å². The number of ether oxygens (including phenoxy) is 2. The lowest BCUT2D eigenvalue weighted by Gasteiger charge is -2.18. The third kappa shape index (κ3) is 7.16. The van der Waals surface area contributed by atoms with E-state index < -0.39 is 5.97 Å². The second-order valence-corrected chi connectivity index (χ2v) is 13.6. The summed E-state index contributed by atoms with van der Waals surface area (Å²) in [6, 6.07) is 9.79. The molecule has 2 atom stereocenters. The number of hydrogen-bond donors (Lipinski definition) is 3. The van der Waals surface area contributed by atoms with E-state index in [1.165, 1.54) is 14.2 Å². The van der Waals surface area contributed by atoms with E-state index in [-0.39, 0.29) is 43.1 Å². The Hall–Kier alpha value is -5.84. The van der Waals surface area contributed by atoms with E-state index in [0.29, 0.717) is 40.2 Å². The van der Waals surface area contributed by atoms with Crippen molar-refractivity contribution in [3.8, 4) is 0 Å². The number of carbonyl (C=O) groups is 3. The number of aromatic nitrogens is 5. The average molecular weight is 715 g/mol. The summed E-state index contributed by atoms with van der Waals surface area (Å²) in [6.07, 6.45) is 6.34. The van der Waals surface area contributed by atoms with Crippen LogP contribution in [0.4, 0.5) is 0 Å². The van der Waals surface area contributed by atoms with Crippen LogP contribution in [-0.4, -0.2) is 57.0 Å². The first kappa shape index (κ1) is 36.9. The number of nitrogens with zero attached hydrogens (tertiary/aromatic N) is 3. The Labute approximate surface area is 309 Å². The molecule has 11 heteroatoms. The highest BCUT2D eigenvalue weighted by Crippen LogP contribution is 2.44. The highest BCUT2D eigenvalue weighted by atomic mass is 16.5. The van der Waals surface area contributed by atoms with Crippen LogP contribution in [0.1, 0.15) is 102 Å². The van der Waals surface area contributed by atoms with E-state index in [9.17, 15) is 14.4 Å². The second-order valence-electron chi connectivity index (χ2n) is 13.6. The van der Waals surface area contributed by atoms with E-state index in [0.717, 1.165) is 62.0 Å². The number of fused-ring (bicyclic) bond motifs is 8. The van der Waals surface area contributed by atoms with Crippen molar-refractivity contribution >= 4 is 57.1 Å². The van der Waals surface area contributed by atoms with E-state index in [1.807, 2.05) is 44.2 Å². The van der Waals surface area contributed by atoms with Crippen LogP contribution in [0, 0.1) is 13.8 Å². The fraction of sp³-hybridized carbons (Fsp3) is 0.333. The molecule has 6 rings (SSSR count). The van der Waals surface area contributed by atoms with Gasteiger partial charge in [0, 0.05) is 76.1 Å². The minimum absolute atomic E-state index is 0.143. The van der Waals surface area contributed by atoms with Crippen molar-refractivity contribution in [1.82, 2.24) is 30.2 Å². The molecule has 2 aliphatic rings. The van der Waals surface area contributed by atoms with Crippen LogP contribution in [0.2, 0.25) is 0 Å². The maximum Gasteiger partial charge on any atom is 0.310 e. The van der Waals surface area contributed by atoms with Crippen LogP contribution >= 0.6 is 0 Å². The number of methoxy groups -OCH3 is 2. The number of esters is 2. The second kappa shape index (κ2) is 15.4. The molecule has 274 valence electrons. The average Bonchev–Trinajstić information content (AvgIpc) is 3.84. The molecule has 0 spiro atoms. The van der Waals surface area contributed by atoms with Gasteiger partial charge in [0.05, 0.1) is 43.3 Å². The zero-order chi connectivity index (χ0) is 38.0. The van der Waals surface area contributed by atoms with Crippen molar-refractivity contribution in [3.63, 3.8) is 0 Å². The Morgan fingerprint density at radius 3 is 2.28 bits per heavy atom. The van der Waals surface area contributed by atoms with Crippen molar-refractivity contribution in [1.29, 1.82) is 0 Å². The largest absolute Gasteiger partial charge is 0.469 e. The highest BCUT2D eigenvalue weighted by molar-refractivity contribution is 6.27. The van der Waals surface area contributed by atoms with Gasteiger partial charge in [0.1, 0.15) is 0 Å². The Morgan fingerprint density at radius 1 is 0.906 bits per heavy atom. The molecule has 4 aromatic rings.